The molecule has 0 spiro atoms. The van der Waals surface area contributed by atoms with Gasteiger partial charge in [-0.05, 0) is 49.9 Å². The van der Waals surface area contributed by atoms with Crippen LogP contribution in [-0.4, -0.2) is 13.1 Å². The zero-order valence-electron chi connectivity index (χ0n) is 10.4. The van der Waals surface area contributed by atoms with Crippen molar-refractivity contribution < 1.29 is 8.78 Å². The van der Waals surface area contributed by atoms with Gasteiger partial charge in [-0.1, -0.05) is 19.4 Å². The van der Waals surface area contributed by atoms with Crippen molar-refractivity contribution in [2.24, 2.45) is 5.92 Å². The summed E-state index contributed by atoms with van der Waals surface area (Å²) in [6.07, 6.45) is 1.76. The molecule has 1 aliphatic rings. The summed E-state index contributed by atoms with van der Waals surface area (Å²) in [7, 11) is 0. The number of nitrogens with one attached hydrogen (secondary N) is 1. The highest BCUT2D eigenvalue weighted by atomic mass is 19.1. The number of hydrogen-bond acceptors (Lipinski definition) is 1. The van der Waals surface area contributed by atoms with Crippen LogP contribution < -0.4 is 5.32 Å². The molecule has 17 heavy (non-hydrogen) atoms. The molecule has 0 aliphatic carbocycles. The Morgan fingerprint density at radius 2 is 2.12 bits per heavy atom. The molecule has 0 saturated carbocycles. The lowest BCUT2D eigenvalue weighted by atomic mass is 9.79. The fraction of sp³-hybridized carbons (Fsp3) is 0.571. The molecule has 2 atom stereocenters. The van der Waals surface area contributed by atoms with E-state index in [-0.39, 0.29) is 11.7 Å². The summed E-state index contributed by atoms with van der Waals surface area (Å²) >= 11 is 0. The fourth-order valence-corrected chi connectivity index (χ4v) is 2.75. The maximum absolute atomic E-state index is 14.1. The lowest BCUT2D eigenvalue weighted by Gasteiger charge is -2.32. The normalized spacial score (nSPS) is 24.9. The van der Waals surface area contributed by atoms with Gasteiger partial charge in [0.15, 0.2) is 0 Å². The van der Waals surface area contributed by atoms with Crippen molar-refractivity contribution in [3.63, 3.8) is 0 Å². The number of benzene rings is 1. The molecule has 1 N–H and O–H groups in total. The van der Waals surface area contributed by atoms with E-state index in [2.05, 4.69) is 12.2 Å². The van der Waals surface area contributed by atoms with E-state index in [1.807, 2.05) is 0 Å². The number of rotatable bonds is 2. The Balaban J connectivity index is 2.41. The van der Waals surface area contributed by atoms with E-state index >= 15 is 0 Å². The minimum Gasteiger partial charge on any atom is -0.316 e. The Labute approximate surface area is 101 Å². The second-order valence-electron chi connectivity index (χ2n) is 4.86. The van der Waals surface area contributed by atoms with Crippen LogP contribution in [0.25, 0.3) is 0 Å². The molecule has 1 nitrogen and oxygen atoms in total. The third-order valence-corrected chi connectivity index (χ3v) is 3.82. The minimum atomic E-state index is -0.390. The average Bonchev–Trinajstić information content (AvgIpc) is 2.35. The van der Waals surface area contributed by atoms with Crippen molar-refractivity contribution in [1.29, 1.82) is 0 Å². The Morgan fingerprint density at radius 3 is 2.82 bits per heavy atom. The zero-order valence-corrected chi connectivity index (χ0v) is 10.4. The van der Waals surface area contributed by atoms with Crippen LogP contribution in [0.15, 0.2) is 12.1 Å². The first-order valence-electron chi connectivity index (χ1n) is 6.30. The van der Waals surface area contributed by atoms with Crippen LogP contribution in [0.5, 0.6) is 0 Å². The monoisotopic (exact) mass is 239 g/mol. The van der Waals surface area contributed by atoms with E-state index in [1.165, 1.54) is 12.1 Å². The fourth-order valence-electron chi connectivity index (χ4n) is 2.75. The lowest BCUT2D eigenvalue weighted by molar-refractivity contribution is 0.303. The topological polar surface area (TPSA) is 12.0 Å². The molecule has 0 radical (unpaired) electrons. The third kappa shape index (κ3) is 2.34. The van der Waals surface area contributed by atoms with Crippen LogP contribution in [0.4, 0.5) is 8.78 Å². The van der Waals surface area contributed by atoms with Gasteiger partial charge in [0.2, 0.25) is 0 Å². The first-order valence-corrected chi connectivity index (χ1v) is 6.30. The predicted octanol–water partition coefficient (Wildman–Crippen LogP) is 3.38. The summed E-state index contributed by atoms with van der Waals surface area (Å²) in [6, 6.07) is 2.90. The number of piperidine rings is 1. The molecule has 1 aromatic carbocycles. The molecule has 2 unspecified atom stereocenters. The van der Waals surface area contributed by atoms with Crippen LogP contribution >= 0.6 is 0 Å². The molecule has 1 aliphatic heterocycles. The molecular formula is C14H19F2N. The molecule has 2 rings (SSSR count). The summed E-state index contributed by atoms with van der Waals surface area (Å²) in [5.74, 6) is -0.399. The van der Waals surface area contributed by atoms with Crippen LogP contribution in [0.2, 0.25) is 0 Å². The maximum atomic E-state index is 14.1. The molecule has 3 heteroatoms. The standard InChI is InChI=1S/C14H19F2N/c1-3-10-8-17-7-6-11(10)13-12(15)5-4-9(2)14(13)16/h4-5,10-11,17H,3,6-8H2,1-2H3. The first-order chi connectivity index (χ1) is 8.15. The smallest absolute Gasteiger partial charge is 0.132 e. The van der Waals surface area contributed by atoms with Gasteiger partial charge in [-0.3, -0.25) is 0 Å². The van der Waals surface area contributed by atoms with Crippen LogP contribution in [-0.2, 0) is 0 Å². The molecule has 94 valence electrons. The summed E-state index contributed by atoms with van der Waals surface area (Å²) in [4.78, 5) is 0. The van der Waals surface area contributed by atoms with Crippen molar-refractivity contribution in [2.75, 3.05) is 13.1 Å². The molecule has 1 fully saturated rings. The van der Waals surface area contributed by atoms with Gasteiger partial charge in [-0.15, -0.1) is 0 Å². The van der Waals surface area contributed by atoms with Crippen molar-refractivity contribution >= 4 is 0 Å². The Bertz CT molecular complexity index is 403. The Kier molecular flexibility index (Phi) is 3.77. The van der Waals surface area contributed by atoms with E-state index in [4.69, 9.17) is 0 Å². The van der Waals surface area contributed by atoms with Crippen LogP contribution in [0.3, 0.4) is 0 Å². The van der Waals surface area contributed by atoms with E-state index in [1.54, 1.807) is 6.92 Å². The molecule has 0 bridgehead atoms. The number of aryl methyl sites for hydroxylation is 1. The third-order valence-electron chi connectivity index (χ3n) is 3.82. The van der Waals surface area contributed by atoms with Crippen molar-refractivity contribution in [1.82, 2.24) is 5.32 Å². The van der Waals surface area contributed by atoms with Gasteiger partial charge in [0.1, 0.15) is 11.6 Å². The van der Waals surface area contributed by atoms with E-state index in [0.717, 1.165) is 25.9 Å². The van der Waals surface area contributed by atoms with E-state index in [9.17, 15) is 8.78 Å². The zero-order chi connectivity index (χ0) is 12.4. The Morgan fingerprint density at radius 1 is 1.35 bits per heavy atom. The van der Waals surface area contributed by atoms with Crippen LogP contribution in [0, 0.1) is 24.5 Å². The summed E-state index contributed by atoms with van der Waals surface area (Å²) in [6.45, 7) is 5.47. The highest BCUT2D eigenvalue weighted by molar-refractivity contribution is 5.30. The summed E-state index contributed by atoms with van der Waals surface area (Å²) < 4.78 is 28.0. The van der Waals surface area contributed by atoms with Crippen molar-refractivity contribution in [3.05, 3.63) is 34.9 Å². The van der Waals surface area contributed by atoms with E-state index < -0.39 is 5.82 Å². The quantitative estimate of drug-likeness (QED) is 0.834. The molecule has 0 amide bonds. The van der Waals surface area contributed by atoms with Crippen molar-refractivity contribution in [2.45, 2.75) is 32.6 Å². The van der Waals surface area contributed by atoms with Crippen LogP contribution in [0.1, 0.15) is 36.8 Å². The minimum absolute atomic E-state index is 0.0150. The summed E-state index contributed by atoms with van der Waals surface area (Å²) in [5, 5.41) is 3.29. The van der Waals surface area contributed by atoms with Gasteiger partial charge >= 0.3 is 0 Å². The second-order valence-corrected chi connectivity index (χ2v) is 4.86. The Hall–Kier alpha value is -0.960. The highest BCUT2D eigenvalue weighted by Crippen LogP contribution is 2.36. The SMILES string of the molecule is CCC1CNCCC1c1c(F)ccc(C)c1F. The number of hydrogen-bond donors (Lipinski definition) is 1. The van der Waals surface area contributed by atoms with Gasteiger partial charge in [-0.25, -0.2) is 8.78 Å². The maximum Gasteiger partial charge on any atom is 0.132 e. The highest BCUT2D eigenvalue weighted by Gasteiger charge is 2.30. The van der Waals surface area contributed by atoms with Gasteiger partial charge in [0.25, 0.3) is 0 Å². The molecule has 0 aromatic heterocycles. The predicted molar refractivity (Wildman–Crippen MR) is 65.1 cm³/mol. The molecule has 1 heterocycles. The van der Waals surface area contributed by atoms with Crippen molar-refractivity contribution in [3.8, 4) is 0 Å². The molecule has 1 aromatic rings. The van der Waals surface area contributed by atoms with Gasteiger partial charge in [0, 0.05) is 5.56 Å². The van der Waals surface area contributed by atoms with Gasteiger partial charge in [-0.2, -0.15) is 0 Å². The van der Waals surface area contributed by atoms with Gasteiger partial charge in [0.05, 0.1) is 0 Å². The second kappa shape index (κ2) is 5.13. The van der Waals surface area contributed by atoms with E-state index in [0.29, 0.717) is 17.0 Å². The summed E-state index contributed by atoms with van der Waals surface area (Å²) in [5.41, 5.74) is 0.841. The largest absolute Gasteiger partial charge is 0.316 e. The first kappa shape index (κ1) is 12.5. The number of halogens is 2. The van der Waals surface area contributed by atoms with Gasteiger partial charge < -0.3 is 5.32 Å². The molecular weight excluding hydrogens is 220 g/mol. The molecule has 1 saturated heterocycles. The lowest BCUT2D eigenvalue weighted by Crippen LogP contribution is -2.35. The average molecular weight is 239 g/mol.